The van der Waals surface area contributed by atoms with Crippen molar-refractivity contribution in [2.75, 3.05) is 7.11 Å². The molecule has 11 atom stereocenters. The molecular weight excluding hydrogens is 558 g/mol. The van der Waals surface area contributed by atoms with Crippen LogP contribution in [-0.4, -0.2) is 86.1 Å². The van der Waals surface area contributed by atoms with Gasteiger partial charge in [0.05, 0.1) is 46.0 Å². The molecule has 4 aliphatic carbocycles. The van der Waals surface area contributed by atoms with Crippen LogP contribution in [0.2, 0.25) is 5.02 Å². The van der Waals surface area contributed by atoms with Crippen molar-refractivity contribution in [1.29, 1.82) is 0 Å². The second kappa shape index (κ2) is 10.1. The highest BCUT2D eigenvalue weighted by Crippen LogP contribution is 2.55. The molecule has 2 saturated carbocycles. The molecule has 2 heterocycles. The Hall–Kier alpha value is -2.41. The lowest BCUT2D eigenvalue weighted by Crippen LogP contribution is -2.67. The van der Waals surface area contributed by atoms with E-state index in [0.29, 0.717) is 25.0 Å². The van der Waals surface area contributed by atoms with Gasteiger partial charge in [-0.25, -0.2) is 0 Å². The van der Waals surface area contributed by atoms with E-state index in [1.54, 1.807) is 0 Å². The highest BCUT2D eigenvalue weighted by atomic mass is 35.5. The maximum Gasteiger partial charge on any atom is 0.262 e. The zero-order chi connectivity index (χ0) is 29.7. The van der Waals surface area contributed by atoms with E-state index in [4.69, 9.17) is 21.1 Å². The van der Waals surface area contributed by atoms with Crippen molar-refractivity contribution in [3.63, 3.8) is 0 Å². The topological polar surface area (TPSA) is 173 Å². The van der Waals surface area contributed by atoms with Gasteiger partial charge in [0.2, 0.25) is 0 Å². The molecule has 1 aromatic rings. The van der Waals surface area contributed by atoms with Crippen molar-refractivity contribution >= 4 is 29.0 Å². The molecule has 11 nitrogen and oxygen atoms in total. The molecule has 0 amide bonds. The Morgan fingerprint density at radius 3 is 2.37 bits per heavy atom. The summed E-state index contributed by atoms with van der Waals surface area (Å²) in [7, 11) is 2.93. The number of ether oxygens (including phenoxy) is 2. The molecule has 5 aliphatic rings. The number of carbonyl (C=O) groups excluding carboxylic acids is 3. The van der Waals surface area contributed by atoms with Gasteiger partial charge in [-0.3, -0.25) is 19.2 Å². The van der Waals surface area contributed by atoms with Gasteiger partial charge in [0.25, 0.3) is 5.56 Å². The molecule has 11 unspecified atom stereocenters. The first-order valence-corrected chi connectivity index (χ1v) is 14.5. The first-order chi connectivity index (χ1) is 19.5. The lowest BCUT2D eigenvalue weighted by molar-refractivity contribution is -0.204. The van der Waals surface area contributed by atoms with Crippen LogP contribution in [0.25, 0.3) is 0 Å². The van der Waals surface area contributed by atoms with Crippen molar-refractivity contribution in [2.24, 2.45) is 36.6 Å². The van der Waals surface area contributed by atoms with Gasteiger partial charge in [-0.1, -0.05) is 24.9 Å². The van der Waals surface area contributed by atoms with Crippen molar-refractivity contribution in [3.8, 4) is 0 Å². The monoisotopic (exact) mass is 591 g/mol. The molecule has 2 fully saturated rings. The van der Waals surface area contributed by atoms with Crippen LogP contribution >= 0.6 is 11.6 Å². The summed E-state index contributed by atoms with van der Waals surface area (Å²) in [5, 5.41) is 43.3. The van der Waals surface area contributed by atoms with E-state index < -0.39 is 89.1 Å². The number of halogens is 1. The molecule has 4 N–H and O–H groups in total. The summed E-state index contributed by atoms with van der Waals surface area (Å²) in [5.74, 6) is -6.57. The highest BCUT2D eigenvalue weighted by Gasteiger charge is 2.64. The number of pyridine rings is 1. The lowest BCUT2D eigenvalue weighted by Gasteiger charge is -2.56. The standard InChI is InChI=1S/C29H34ClNO10/c1-4-5-11-20(30)16-17(29(39)31(11)2)23(36)14-9(21(16)34)6-7-10-15(14)24(37)19-25(38)18-22(35)12(32)8-13(33)27(18)41-28(19)26(10)40-3/h9-10,12-15,19,22,24,26,28,32-33,35,37H,4-8H2,1-3H3. The highest BCUT2D eigenvalue weighted by molar-refractivity contribution is 6.36. The molecule has 41 heavy (non-hydrogen) atoms. The Balaban J connectivity index is 1.47. The Bertz CT molecular complexity index is 1430. The zero-order valence-electron chi connectivity index (χ0n) is 22.9. The van der Waals surface area contributed by atoms with Crippen molar-refractivity contribution in [1.82, 2.24) is 4.57 Å². The van der Waals surface area contributed by atoms with Crippen LogP contribution in [-0.2, 0) is 27.7 Å². The Morgan fingerprint density at radius 1 is 1.00 bits per heavy atom. The smallest absolute Gasteiger partial charge is 0.262 e. The summed E-state index contributed by atoms with van der Waals surface area (Å²) in [5.41, 5.74) is -0.806. The SMILES string of the molecule is CCCc1c(Cl)c2c(c(=O)n1C)C(=O)C1C(CCC3C(OC)C4OC5=C(C(=O)C4C(O)C31)C(O)C(O)CC5O)C2=O. The summed E-state index contributed by atoms with van der Waals surface area (Å²) < 4.78 is 13.2. The average molecular weight is 592 g/mol. The summed E-state index contributed by atoms with van der Waals surface area (Å²) >= 11 is 6.67. The minimum atomic E-state index is -1.63. The number of rotatable bonds is 3. The maximum atomic E-state index is 14.2. The molecular formula is C29H34ClNO10. The second-order valence-corrected chi connectivity index (χ2v) is 12.4. The quantitative estimate of drug-likeness (QED) is 0.384. The van der Waals surface area contributed by atoms with E-state index in [2.05, 4.69) is 0 Å². The van der Waals surface area contributed by atoms with Crippen LogP contribution in [0.15, 0.2) is 16.1 Å². The number of nitrogens with zero attached hydrogens (tertiary/aromatic N) is 1. The molecule has 6 rings (SSSR count). The summed E-state index contributed by atoms with van der Waals surface area (Å²) in [6, 6.07) is 0. The number of methoxy groups -OCH3 is 1. The van der Waals surface area contributed by atoms with E-state index in [1.165, 1.54) is 18.7 Å². The first-order valence-electron chi connectivity index (χ1n) is 14.2. The number of hydrogen-bond donors (Lipinski definition) is 4. The number of ketones is 3. The number of aliphatic hydroxyl groups is 4. The fourth-order valence-electron chi connectivity index (χ4n) is 8.26. The van der Waals surface area contributed by atoms with Gasteiger partial charge in [-0.05, 0) is 25.2 Å². The fourth-order valence-corrected chi connectivity index (χ4v) is 8.67. The lowest BCUT2D eigenvalue weighted by atomic mass is 9.52. The minimum Gasteiger partial charge on any atom is -0.488 e. The first kappa shape index (κ1) is 28.7. The molecule has 0 saturated heterocycles. The Kier molecular flexibility index (Phi) is 7.07. The fraction of sp³-hybridized carbons (Fsp3) is 0.655. The van der Waals surface area contributed by atoms with Gasteiger partial charge in [0.15, 0.2) is 17.3 Å². The molecule has 0 radical (unpaired) electrons. The third kappa shape index (κ3) is 3.82. The molecule has 12 heteroatoms. The van der Waals surface area contributed by atoms with E-state index >= 15 is 0 Å². The number of aliphatic hydroxyl groups excluding tert-OH is 4. The van der Waals surface area contributed by atoms with Crippen LogP contribution in [0.5, 0.6) is 0 Å². The number of Topliss-reactive ketones (excluding diaryl/α,β-unsaturated/α-hetero) is 3. The third-order valence-electron chi connectivity index (χ3n) is 10.1. The van der Waals surface area contributed by atoms with E-state index in [9.17, 15) is 39.6 Å². The summed E-state index contributed by atoms with van der Waals surface area (Å²) in [4.78, 5) is 55.4. The minimum absolute atomic E-state index is 0.0606. The van der Waals surface area contributed by atoms with Crippen molar-refractivity contribution in [2.45, 2.75) is 75.7 Å². The molecule has 222 valence electrons. The number of fused-ring (bicyclic) bond motifs is 5. The molecule has 0 spiro atoms. The van der Waals surface area contributed by atoms with Crippen LogP contribution < -0.4 is 5.56 Å². The van der Waals surface area contributed by atoms with E-state index in [-0.39, 0.29) is 40.3 Å². The normalized spacial score (nSPS) is 39.8. The zero-order valence-corrected chi connectivity index (χ0v) is 23.7. The molecule has 0 aromatic carbocycles. The van der Waals surface area contributed by atoms with Crippen molar-refractivity contribution < 1.29 is 44.3 Å². The number of aromatic nitrogens is 1. The third-order valence-corrected chi connectivity index (χ3v) is 10.5. The van der Waals surface area contributed by atoms with Crippen LogP contribution in [0.1, 0.15) is 59.0 Å². The largest absolute Gasteiger partial charge is 0.488 e. The van der Waals surface area contributed by atoms with Gasteiger partial charge >= 0.3 is 0 Å². The maximum absolute atomic E-state index is 14.2. The Morgan fingerprint density at radius 2 is 1.71 bits per heavy atom. The van der Waals surface area contributed by atoms with Crippen LogP contribution in [0, 0.1) is 29.6 Å². The molecule has 1 aromatic heterocycles. The van der Waals surface area contributed by atoms with Gasteiger partial charge < -0.3 is 34.5 Å². The second-order valence-electron chi connectivity index (χ2n) is 12.0. The Labute approximate surface area is 240 Å². The van der Waals surface area contributed by atoms with Gasteiger partial charge in [0, 0.05) is 44.0 Å². The number of hydrogen-bond acceptors (Lipinski definition) is 10. The average Bonchev–Trinajstić information content (AvgIpc) is 2.94. The molecule has 1 aliphatic heterocycles. The van der Waals surface area contributed by atoms with Gasteiger partial charge in [-0.15, -0.1) is 0 Å². The van der Waals surface area contributed by atoms with Crippen LogP contribution in [0.4, 0.5) is 0 Å². The summed E-state index contributed by atoms with van der Waals surface area (Å²) in [6.07, 6.45) is -6.14. The predicted octanol–water partition coefficient (Wildman–Crippen LogP) is 0.343. The van der Waals surface area contributed by atoms with E-state index in [0.717, 1.165) is 0 Å². The van der Waals surface area contributed by atoms with E-state index in [1.807, 2.05) is 6.92 Å². The van der Waals surface area contributed by atoms with Crippen LogP contribution in [0.3, 0.4) is 0 Å². The number of carbonyl (C=O) groups is 3. The van der Waals surface area contributed by atoms with Crippen molar-refractivity contribution in [3.05, 3.63) is 43.5 Å². The van der Waals surface area contributed by atoms with Gasteiger partial charge in [-0.2, -0.15) is 0 Å². The molecule has 0 bridgehead atoms. The predicted molar refractivity (Wildman–Crippen MR) is 142 cm³/mol. The van der Waals surface area contributed by atoms with Gasteiger partial charge in [0.1, 0.15) is 24.1 Å². The summed E-state index contributed by atoms with van der Waals surface area (Å²) in [6.45, 7) is 1.91.